The molecule has 1 saturated heterocycles. The van der Waals surface area contributed by atoms with Gasteiger partial charge in [0.2, 0.25) is 0 Å². The van der Waals surface area contributed by atoms with Gasteiger partial charge in [-0.05, 0) is 48.7 Å². The fourth-order valence-corrected chi connectivity index (χ4v) is 5.01. The van der Waals surface area contributed by atoms with E-state index in [1.165, 1.54) is 5.56 Å². The van der Waals surface area contributed by atoms with Gasteiger partial charge in [-0.25, -0.2) is 4.79 Å². The van der Waals surface area contributed by atoms with Crippen molar-refractivity contribution in [1.29, 1.82) is 0 Å². The second-order valence-corrected chi connectivity index (χ2v) is 9.08. The first-order valence-corrected chi connectivity index (χ1v) is 12.1. The van der Waals surface area contributed by atoms with E-state index in [1.807, 2.05) is 43.3 Å². The molecule has 3 aromatic rings. The first-order chi connectivity index (χ1) is 17.5. The summed E-state index contributed by atoms with van der Waals surface area (Å²) in [5.41, 5.74) is 5.02. The summed E-state index contributed by atoms with van der Waals surface area (Å²) in [6, 6.07) is 19.3. The number of methoxy groups -OCH3 is 1. The van der Waals surface area contributed by atoms with Gasteiger partial charge in [0.05, 0.1) is 32.7 Å². The van der Waals surface area contributed by atoms with E-state index in [0.717, 1.165) is 28.7 Å². The number of amides is 1. The predicted octanol–water partition coefficient (Wildman–Crippen LogP) is 5.52. The molecule has 2 aliphatic rings. The molecule has 1 amide bonds. The standard InChI is InChI=1S/C29H29NO6/c1-4-34-27(31)15-19-10-12-24(33-3)25(14-19)35-23-11-9-18(2)13-21(23)17-30-28-22-8-6-5-7-20(22)16-26(28)36-29(30)32/h5-14,26,28H,4,15-17H2,1-3H3/t26-,28+/m1/s1. The average molecular weight is 488 g/mol. The maximum atomic E-state index is 12.9. The van der Waals surface area contributed by atoms with Crippen LogP contribution >= 0.6 is 0 Å². The number of rotatable bonds is 8. The van der Waals surface area contributed by atoms with Gasteiger partial charge in [-0.15, -0.1) is 0 Å². The summed E-state index contributed by atoms with van der Waals surface area (Å²) in [7, 11) is 1.57. The lowest BCUT2D eigenvalue weighted by Crippen LogP contribution is -2.27. The second-order valence-electron chi connectivity index (χ2n) is 9.08. The van der Waals surface area contributed by atoms with Crippen LogP contribution in [-0.4, -0.2) is 36.8 Å². The van der Waals surface area contributed by atoms with Crippen molar-refractivity contribution in [2.24, 2.45) is 0 Å². The monoisotopic (exact) mass is 487 g/mol. The Hall–Kier alpha value is -4.00. The largest absolute Gasteiger partial charge is 0.493 e. The SMILES string of the molecule is CCOC(=O)Cc1ccc(OC)c(Oc2ccc(C)cc2CN2C(=O)O[C@@H]3Cc4ccccc4[C@@H]32)c1. The van der Waals surface area contributed by atoms with Crippen molar-refractivity contribution in [3.05, 3.63) is 88.5 Å². The molecule has 7 heteroatoms. The van der Waals surface area contributed by atoms with E-state index in [-0.39, 0.29) is 30.6 Å². The first-order valence-electron chi connectivity index (χ1n) is 12.1. The molecule has 36 heavy (non-hydrogen) atoms. The Morgan fingerprint density at radius 2 is 1.86 bits per heavy atom. The van der Waals surface area contributed by atoms with Crippen LogP contribution < -0.4 is 9.47 Å². The number of benzene rings is 3. The van der Waals surface area contributed by atoms with Gasteiger partial charge in [-0.1, -0.05) is 48.0 Å². The Labute approximate surface area is 210 Å². The quantitative estimate of drug-likeness (QED) is 0.390. The molecule has 0 N–H and O–H groups in total. The van der Waals surface area contributed by atoms with E-state index in [0.29, 0.717) is 30.4 Å². The van der Waals surface area contributed by atoms with Crippen molar-refractivity contribution in [3.8, 4) is 17.2 Å². The minimum absolute atomic E-state index is 0.121. The van der Waals surface area contributed by atoms with Crippen LogP contribution in [0.15, 0.2) is 60.7 Å². The lowest BCUT2D eigenvalue weighted by molar-refractivity contribution is -0.142. The Morgan fingerprint density at radius 1 is 1.06 bits per heavy atom. The summed E-state index contributed by atoms with van der Waals surface area (Å²) in [6.45, 7) is 4.46. The number of carbonyl (C=O) groups is 2. The summed E-state index contributed by atoms with van der Waals surface area (Å²) in [6.07, 6.45) is 0.367. The second kappa shape index (κ2) is 9.93. The fourth-order valence-electron chi connectivity index (χ4n) is 5.01. The number of nitrogens with zero attached hydrogens (tertiary/aromatic N) is 1. The summed E-state index contributed by atoms with van der Waals surface area (Å²) in [5.74, 6) is 1.33. The molecule has 3 aromatic carbocycles. The zero-order valence-corrected chi connectivity index (χ0v) is 20.7. The van der Waals surface area contributed by atoms with Crippen LogP contribution in [0.25, 0.3) is 0 Å². The van der Waals surface area contributed by atoms with Gasteiger partial charge < -0.3 is 18.9 Å². The van der Waals surface area contributed by atoms with Gasteiger partial charge >= 0.3 is 12.1 Å². The molecular weight excluding hydrogens is 458 g/mol. The van der Waals surface area contributed by atoms with Crippen LogP contribution in [0.5, 0.6) is 17.2 Å². The van der Waals surface area contributed by atoms with Crippen molar-refractivity contribution in [2.75, 3.05) is 13.7 Å². The van der Waals surface area contributed by atoms with Crippen LogP contribution in [0.2, 0.25) is 0 Å². The minimum atomic E-state index is -0.319. The molecule has 0 saturated carbocycles. The molecule has 0 radical (unpaired) electrons. The van der Waals surface area contributed by atoms with E-state index < -0.39 is 0 Å². The molecular formula is C29H29NO6. The van der Waals surface area contributed by atoms with Crippen LogP contribution in [0.3, 0.4) is 0 Å². The summed E-state index contributed by atoms with van der Waals surface area (Å²) < 4.78 is 22.7. The highest BCUT2D eigenvalue weighted by atomic mass is 16.6. The molecule has 0 aromatic heterocycles. The Kier molecular flexibility index (Phi) is 6.55. The summed E-state index contributed by atoms with van der Waals surface area (Å²) in [5, 5.41) is 0. The molecule has 2 atom stereocenters. The summed E-state index contributed by atoms with van der Waals surface area (Å²) in [4.78, 5) is 26.6. The van der Waals surface area contributed by atoms with E-state index in [2.05, 4.69) is 12.1 Å². The average Bonchev–Trinajstić information content (AvgIpc) is 3.36. The molecule has 1 fully saturated rings. The van der Waals surface area contributed by atoms with Crippen molar-refractivity contribution in [1.82, 2.24) is 4.90 Å². The number of aryl methyl sites for hydroxylation is 1. The Bertz CT molecular complexity index is 1300. The lowest BCUT2D eigenvalue weighted by atomic mass is 10.1. The number of carbonyl (C=O) groups excluding carboxylic acids is 2. The molecule has 186 valence electrons. The maximum Gasteiger partial charge on any atom is 0.411 e. The molecule has 0 bridgehead atoms. The number of fused-ring (bicyclic) bond motifs is 3. The van der Waals surface area contributed by atoms with Gasteiger partial charge in [0.15, 0.2) is 11.5 Å². The fraction of sp³-hybridized carbons (Fsp3) is 0.310. The highest BCUT2D eigenvalue weighted by Gasteiger charge is 2.47. The highest BCUT2D eigenvalue weighted by molar-refractivity contribution is 5.73. The van der Waals surface area contributed by atoms with Crippen molar-refractivity contribution < 1.29 is 28.5 Å². The highest BCUT2D eigenvalue weighted by Crippen LogP contribution is 2.44. The van der Waals surface area contributed by atoms with Gasteiger partial charge in [-0.2, -0.15) is 0 Å². The zero-order valence-electron chi connectivity index (χ0n) is 20.7. The van der Waals surface area contributed by atoms with Gasteiger partial charge in [-0.3, -0.25) is 9.69 Å². The molecule has 1 heterocycles. The van der Waals surface area contributed by atoms with E-state index in [1.54, 1.807) is 31.1 Å². The molecule has 1 aliphatic carbocycles. The van der Waals surface area contributed by atoms with Crippen molar-refractivity contribution in [3.63, 3.8) is 0 Å². The number of hydrogen-bond acceptors (Lipinski definition) is 6. The molecule has 0 spiro atoms. The number of ether oxygens (including phenoxy) is 4. The topological polar surface area (TPSA) is 74.3 Å². The van der Waals surface area contributed by atoms with Crippen LogP contribution in [0, 0.1) is 6.92 Å². The molecule has 0 unspecified atom stereocenters. The van der Waals surface area contributed by atoms with Gasteiger partial charge in [0, 0.05) is 12.0 Å². The van der Waals surface area contributed by atoms with Crippen molar-refractivity contribution in [2.45, 2.75) is 45.4 Å². The van der Waals surface area contributed by atoms with Crippen LogP contribution in [-0.2, 0) is 33.7 Å². The third-order valence-corrected chi connectivity index (χ3v) is 6.63. The Balaban J connectivity index is 1.44. The summed E-state index contributed by atoms with van der Waals surface area (Å²) >= 11 is 0. The number of esters is 1. The zero-order chi connectivity index (χ0) is 25.2. The van der Waals surface area contributed by atoms with Crippen molar-refractivity contribution >= 4 is 12.1 Å². The normalized spacial score (nSPS) is 17.9. The maximum absolute atomic E-state index is 12.9. The van der Waals surface area contributed by atoms with Crippen LogP contribution in [0.1, 0.15) is 40.8 Å². The smallest absolute Gasteiger partial charge is 0.411 e. The van der Waals surface area contributed by atoms with E-state index >= 15 is 0 Å². The third kappa shape index (κ3) is 4.61. The first kappa shape index (κ1) is 23.7. The molecule has 1 aliphatic heterocycles. The Morgan fingerprint density at radius 3 is 2.67 bits per heavy atom. The minimum Gasteiger partial charge on any atom is -0.493 e. The molecule has 5 rings (SSSR count). The molecule has 7 nitrogen and oxygen atoms in total. The van der Waals surface area contributed by atoms with Gasteiger partial charge in [0.1, 0.15) is 11.9 Å². The van der Waals surface area contributed by atoms with Gasteiger partial charge in [0.25, 0.3) is 0 Å². The van der Waals surface area contributed by atoms with Crippen LogP contribution in [0.4, 0.5) is 4.79 Å². The van der Waals surface area contributed by atoms with E-state index in [9.17, 15) is 9.59 Å². The number of hydrogen-bond donors (Lipinski definition) is 0. The predicted molar refractivity (Wildman–Crippen MR) is 133 cm³/mol. The van der Waals surface area contributed by atoms with E-state index in [4.69, 9.17) is 18.9 Å². The lowest BCUT2D eigenvalue weighted by Gasteiger charge is -2.23. The third-order valence-electron chi connectivity index (χ3n) is 6.63.